The Hall–Kier alpha value is -1.45. The average molecular weight is 256 g/mol. The Labute approximate surface area is 106 Å². The highest BCUT2D eigenvalue weighted by Crippen LogP contribution is 2.33. The van der Waals surface area contributed by atoms with E-state index in [9.17, 15) is 13.6 Å². The largest absolute Gasteiger partial charge is 0.481 e. The lowest BCUT2D eigenvalue weighted by molar-refractivity contribution is -0.137. The second-order valence-electron chi connectivity index (χ2n) is 4.45. The lowest BCUT2D eigenvalue weighted by atomic mass is 9.80. The standard InChI is InChI=1S/C14H18F2O2/c1-3-9(4-2)11(8-14(17)18)10-5-6-12(15)13(16)7-10/h5-7,9,11H,3-4,8H2,1-2H3,(H,17,18). The van der Waals surface area contributed by atoms with Crippen molar-refractivity contribution in [3.05, 3.63) is 35.4 Å². The molecular weight excluding hydrogens is 238 g/mol. The fourth-order valence-electron chi connectivity index (χ4n) is 2.35. The zero-order valence-corrected chi connectivity index (χ0v) is 10.6. The van der Waals surface area contributed by atoms with E-state index >= 15 is 0 Å². The first-order valence-corrected chi connectivity index (χ1v) is 6.16. The van der Waals surface area contributed by atoms with Gasteiger partial charge in [0.15, 0.2) is 11.6 Å². The van der Waals surface area contributed by atoms with Crippen LogP contribution in [0.25, 0.3) is 0 Å². The van der Waals surface area contributed by atoms with Gasteiger partial charge in [-0.3, -0.25) is 4.79 Å². The van der Waals surface area contributed by atoms with Crippen LogP contribution in [-0.2, 0) is 4.79 Å². The van der Waals surface area contributed by atoms with Gasteiger partial charge in [-0.05, 0) is 29.5 Å². The molecule has 1 aromatic carbocycles. The van der Waals surface area contributed by atoms with Crippen LogP contribution in [0.1, 0.15) is 44.6 Å². The van der Waals surface area contributed by atoms with Crippen molar-refractivity contribution in [1.82, 2.24) is 0 Å². The molecule has 0 amide bonds. The summed E-state index contributed by atoms with van der Waals surface area (Å²) in [6, 6.07) is 3.65. The smallest absolute Gasteiger partial charge is 0.303 e. The molecule has 1 atom stereocenters. The normalized spacial score (nSPS) is 12.7. The van der Waals surface area contributed by atoms with Crippen molar-refractivity contribution < 1.29 is 18.7 Å². The Balaban J connectivity index is 3.07. The zero-order valence-electron chi connectivity index (χ0n) is 10.6. The highest BCUT2D eigenvalue weighted by Gasteiger charge is 2.24. The SMILES string of the molecule is CCC(CC)C(CC(=O)O)c1ccc(F)c(F)c1. The van der Waals surface area contributed by atoms with Crippen LogP contribution in [0.2, 0.25) is 0 Å². The second-order valence-corrected chi connectivity index (χ2v) is 4.45. The van der Waals surface area contributed by atoms with Gasteiger partial charge in [0.2, 0.25) is 0 Å². The maximum absolute atomic E-state index is 13.2. The van der Waals surface area contributed by atoms with E-state index in [0.717, 1.165) is 25.0 Å². The third-order valence-corrected chi connectivity index (χ3v) is 3.38. The Morgan fingerprint density at radius 1 is 1.22 bits per heavy atom. The van der Waals surface area contributed by atoms with E-state index in [1.807, 2.05) is 13.8 Å². The fourth-order valence-corrected chi connectivity index (χ4v) is 2.35. The molecule has 1 unspecified atom stereocenters. The highest BCUT2D eigenvalue weighted by molar-refractivity contribution is 5.68. The number of carboxylic acid groups (broad SMARTS) is 1. The minimum Gasteiger partial charge on any atom is -0.481 e. The van der Waals surface area contributed by atoms with Crippen molar-refractivity contribution >= 4 is 5.97 Å². The van der Waals surface area contributed by atoms with Crippen LogP contribution in [0, 0.1) is 17.6 Å². The van der Waals surface area contributed by atoms with E-state index in [1.165, 1.54) is 6.07 Å². The predicted molar refractivity (Wildman–Crippen MR) is 65.4 cm³/mol. The molecule has 0 heterocycles. The summed E-state index contributed by atoms with van der Waals surface area (Å²) in [5.41, 5.74) is 0.560. The molecule has 0 saturated heterocycles. The number of aliphatic carboxylic acids is 1. The third-order valence-electron chi connectivity index (χ3n) is 3.38. The molecule has 0 spiro atoms. The van der Waals surface area contributed by atoms with Crippen molar-refractivity contribution in [3.63, 3.8) is 0 Å². The van der Waals surface area contributed by atoms with Crippen LogP contribution in [-0.4, -0.2) is 11.1 Å². The molecule has 100 valence electrons. The molecule has 18 heavy (non-hydrogen) atoms. The quantitative estimate of drug-likeness (QED) is 0.836. The van der Waals surface area contributed by atoms with Gasteiger partial charge in [-0.25, -0.2) is 8.78 Å². The number of carboxylic acids is 1. The van der Waals surface area contributed by atoms with Gasteiger partial charge in [0.25, 0.3) is 0 Å². The summed E-state index contributed by atoms with van der Waals surface area (Å²) in [6.07, 6.45) is 1.57. The van der Waals surface area contributed by atoms with E-state index < -0.39 is 17.6 Å². The molecule has 0 fully saturated rings. The lowest BCUT2D eigenvalue weighted by Crippen LogP contribution is -2.16. The summed E-state index contributed by atoms with van der Waals surface area (Å²) in [6.45, 7) is 3.95. The summed E-state index contributed by atoms with van der Waals surface area (Å²) in [7, 11) is 0. The summed E-state index contributed by atoms with van der Waals surface area (Å²) in [4.78, 5) is 10.9. The summed E-state index contributed by atoms with van der Waals surface area (Å²) < 4.78 is 26.1. The number of halogens is 2. The second kappa shape index (κ2) is 6.47. The third kappa shape index (κ3) is 3.52. The van der Waals surface area contributed by atoms with Crippen molar-refractivity contribution in [2.24, 2.45) is 5.92 Å². The topological polar surface area (TPSA) is 37.3 Å². The summed E-state index contributed by atoms with van der Waals surface area (Å²) in [5.74, 6) is -2.86. The Morgan fingerprint density at radius 2 is 1.83 bits per heavy atom. The highest BCUT2D eigenvalue weighted by atomic mass is 19.2. The van der Waals surface area contributed by atoms with Gasteiger partial charge >= 0.3 is 5.97 Å². The molecule has 0 bridgehead atoms. The number of hydrogen-bond donors (Lipinski definition) is 1. The Morgan fingerprint density at radius 3 is 2.28 bits per heavy atom. The van der Waals surface area contributed by atoms with E-state index in [1.54, 1.807) is 0 Å². The van der Waals surface area contributed by atoms with E-state index in [-0.39, 0.29) is 18.3 Å². The molecule has 2 nitrogen and oxygen atoms in total. The van der Waals surface area contributed by atoms with Crippen molar-refractivity contribution in [3.8, 4) is 0 Å². The number of hydrogen-bond acceptors (Lipinski definition) is 1. The van der Waals surface area contributed by atoms with Crippen LogP contribution >= 0.6 is 0 Å². The average Bonchev–Trinajstić information content (AvgIpc) is 2.32. The van der Waals surface area contributed by atoms with Crippen LogP contribution in [0.3, 0.4) is 0 Å². The van der Waals surface area contributed by atoms with Gasteiger partial charge in [0.05, 0.1) is 6.42 Å². The van der Waals surface area contributed by atoms with Crippen molar-refractivity contribution in [1.29, 1.82) is 0 Å². The summed E-state index contributed by atoms with van der Waals surface area (Å²) >= 11 is 0. The van der Waals surface area contributed by atoms with Gasteiger partial charge in [-0.2, -0.15) is 0 Å². The van der Waals surface area contributed by atoms with Crippen LogP contribution in [0.5, 0.6) is 0 Å². The molecule has 0 aliphatic carbocycles. The van der Waals surface area contributed by atoms with Gasteiger partial charge < -0.3 is 5.11 Å². The zero-order chi connectivity index (χ0) is 13.7. The summed E-state index contributed by atoms with van der Waals surface area (Å²) in [5, 5.41) is 8.94. The molecule has 0 radical (unpaired) electrons. The molecule has 1 N–H and O–H groups in total. The van der Waals surface area contributed by atoms with Gasteiger partial charge in [0, 0.05) is 0 Å². The molecule has 0 aromatic heterocycles. The van der Waals surface area contributed by atoms with Crippen molar-refractivity contribution in [2.75, 3.05) is 0 Å². The predicted octanol–water partition coefficient (Wildman–Crippen LogP) is 3.96. The molecule has 0 saturated carbocycles. The van der Waals surface area contributed by atoms with Gasteiger partial charge in [-0.15, -0.1) is 0 Å². The Kier molecular flexibility index (Phi) is 5.25. The Bertz CT molecular complexity index is 414. The maximum Gasteiger partial charge on any atom is 0.303 e. The van der Waals surface area contributed by atoms with E-state index in [4.69, 9.17) is 5.11 Å². The fraction of sp³-hybridized carbons (Fsp3) is 0.500. The molecule has 0 aliphatic heterocycles. The number of rotatable bonds is 6. The molecule has 0 aliphatic rings. The monoisotopic (exact) mass is 256 g/mol. The van der Waals surface area contributed by atoms with E-state index in [2.05, 4.69) is 0 Å². The van der Waals surface area contributed by atoms with Crippen LogP contribution < -0.4 is 0 Å². The minimum absolute atomic E-state index is 0.0581. The first-order chi connectivity index (χ1) is 8.49. The molecule has 4 heteroatoms. The van der Waals surface area contributed by atoms with Crippen LogP contribution in [0.15, 0.2) is 18.2 Å². The first kappa shape index (κ1) is 14.6. The van der Waals surface area contributed by atoms with E-state index in [0.29, 0.717) is 5.56 Å². The maximum atomic E-state index is 13.2. The minimum atomic E-state index is -0.922. The molecule has 1 aromatic rings. The number of benzene rings is 1. The van der Waals surface area contributed by atoms with Gasteiger partial charge in [-0.1, -0.05) is 32.8 Å². The lowest BCUT2D eigenvalue weighted by Gasteiger charge is -2.24. The number of carbonyl (C=O) groups is 1. The van der Waals surface area contributed by atoms with Crippen LogP contribution in [0.4, 0.5) is 8.78 Å². The van der Waals surface area contributed by atoms with Crippen molar-refractivity contribution in [2.45, 2.75) is 39.0 Å². The molecular formula is C14H18F2O2. The molecule has 1 rings (SSSR count). The van der Waals surface area contributed by atoms with Gasteiger partial charge in [0.1, 0.15) is 0 Å². The first-order valence-electron chi connectivity index (χ1n) is 6.16.